The summed E-state index contributed by atoms with van der Waals surface area (Å²) in [7, 11) is -5.41. The molecule has 8 aliphatic carbocycles. The van der Waals surface area contributed by atoms with E-state index in [-0.39, 0.29) is 87.9 Å². The number of benzene rings is 4. The van der Waals surface area contributed by atoms with Gasteiger partial charge in [0.25, 0.3) is 0 Å². The highest BCUT2D eigenvalue weighted by atomic mass is 32.2. The maximum atomic E-state index is 13.3. The SMILES string of the molecule is CCC(C)(C)C(=O)OC1(CC)CC2CC1C1C3CCC(C3)C21.CCC(C)(C)C(=O)OC12CC3CC(C1)CC(C(=O)OC(CS(=O)(=O)[O-])C(F)(F)F)(C3)C2.CCC(C)(C)C(=O)OC1C2CC3C(=O)OC1C3O2.CCC(C)(C)C(=O)Oc1ccc(O)cc1.Oc1ccc([S+](c2ccccc2)c2ccccc2)cc1. The topological polar surface area (TPSA) is 265 Å². The molecule has 0 amide bonds. The lowest BCUT2D eigenvalue weighted by atomic mass is 9.48. The molecule has 11 fully saturated rings. The number of phenolic OH excluding ortho intramolecular Hbond substituents is 2. The van der Waals surface area contributed by atoms with Crippen molar-refractivity contribution in [3.05, 3.63) is 109 Å². The van der Waals surface area contributed by atoms with Crippen LogP contribution in [-0.4, -0.2) is 113 Å². The molecule has 15 atom stereocenters. The lowest BCUT2D eigenvalue weighted by molar-refractivity contribution is -0.239. The van der Waals surface area contributed by atoms with Crippen LogP contribution in [0.25, 0.3) is 0 Å². The summed E-state index contributed by atoms with van der Waals surface area (Å²) in [5.41, 5.74) is -4.40. The summed E-state index contributed by atoms with van der Waals surface area (Å²) in [6.45, 7) is 25.0. The summed E-state index contributed by atoms with van der Waals surface area (Å²) in [6, 6.07) is 34.6. The van der Waals surface area contributed by atoms with Gasteiger partial charge in [-0.05, 0) is 272 Å². The molecule has 11 aliphatic rings. The number of aromatic hydroxyl groups is 2. The van der Waals surface area contributed by atoms with E-state index in [2.05, 4.69) is 67.1 Å². The first kappa shape index (κ1) is 81.8. The van der Waals surface area contributed by atoms with Crippen molar-refractivity contribution in [2.24, 2.45) is 80.3 Å². The fourth-order valence-corrected chi connectivity index (χ4v) is 20.9. The van der Waals surface area contributed by atoms with E-state index in [0.29, 0.717) is 62.4 Å². The van der Waals surface area contributed by atoms with Crippen LogP contribution >= 0.6 is 0 Å². The number of hydrogen-bond acceptors (Lipinski definition) is 18. The predicted octanol–water partition coefficient (Wildman–Crippen LogP) is 16.4. The van der Waals surface area contributed by atoms with Gasteiger partial charge in [0.15, 0.2) is 26.9 Å². The Kier molecular flexibility index (Phi) is 24.5. The molecule has 18 nitrogen and oxygen atoms in total. The summed E-state index contributed by atoms with van der Waals surface area (Å²) in [4.78, 5) is 77.5. The van der Waals surface area contributed by atoms with Crippen molar-refractivity contribution in [1.82, 2.24) is 0 Å². The van der Waals surface area contributed by atoms with Crippen molar-refractivity contribution in [2.75, 3.05) is 5.75 Å². The quantitative estimate of drug-likeness (QED) is 0.0208. The van der Waals surface area contributed by atoms with E-state index in [4.69, 9.17) is 33.5 Å². The summed E-state index contributed by atoms with van der Waals surface area (Å²) in [6.07, 6.45) is 4.51. The van der Waals surface area contributed by atoms with Crippen molar-refractivity contribution >= 4 is 56.8 Å². The average Bonchev–Trinajstić information content (AvgIpc) is 1.40. The number of carbonyl (C=O) groups is 6. The molecule has 2 N–H and O–H groups in total. The molecular weight excluding hydrogens is 1410 g/mol. The molecule has 8 saturated carbocycles. The van der Waals surface area contributed by atoms with E-state index in [1.165, 1.54) is 52.5 Å². The summed E-state index contributed by atoms with van der Waals surface area (Å²) in [5.74, 6) is 2.03. The normalized spacial score (nSPS) is 30.5. The van der Waals surface area contributed by atoms with Gasteiger partial charge in [0, 0.05) is 12.3 Å². The molecule has 3 aliphatic heterocycles. The van der Waals surface area contributed by atoms with Gasteiger partial charge in [-0.15, -0.1) is 0 Å². The van der Waals surface area contributed by atoms with Crippen LogP contribution in [0.4, 0.5) is 13.2 Å². The molecular formula is C83H109F3O18S2. The van der Waals surface area contributed by atoms with E-state index in [9.17, 15) is 60.0 Å². The molecule has 15 rings (SSSR count). The van der Waals surface area contributed by atoms with E-state index >= 15 is 0 Å². The maximum absolute atomic E-state index is 13.3. The predicted molar refractivity (Wildman–Crippen MR) is 389 cm³/mol. The monoisotopic (exact) mass is 1510 g/mol. The molecule has 106 heavy (non-hydrogen) atoms. The molecule has 23 heteroatoms. The first-order valence-corrected chi connectivity index (χ1v) is 40.8. The molecule has 4 aromatic rings. The standard InChI is InChI=1S/C20H29F3O7S.C20H32O2.C18H14OS.C13H18O5.C12H16O3/c1-4-17(2,3)15(24)30-19-8-12-5-13(9-19)7-18(6-12,11-19)16(25)29-14(20(21,22)23)10-31(26,27)28;1-5-19(3,4)18(21)22-20(6-2)11-14-10-15(20)17-13-8-7-12(9-13)16(14)17;19-15-11-13-18(14-12-15)20(16-7-3-1-4-8-16)17-9-5-2-6-10-17;1-4-13(2,3)12(15)18-9-7-5-6-8(16-7)10(9)17-11(6)14;1-4-12(2,3)11(14)15-10-7-5-9(13)6-8-10/h12-14H,4-11H2,1-3H3,(H,26,27,28);12-17H,5-11H2,1-4H3;1-14H;6-10H,4-5H2,1-3H3;5-8,13H,4H2,1-3H3. The number of alkyl halides is 3. The van der Waals surface area contributed by atoms with Crippen LogP contribution in [0.1, 0.15) is 199 Å². The molecule has 3 saturated heterocycles. The Morgan fingerprint density at radius 3 is 1.59 bits per heavy atom. The highest BCUT2D eigenvalue weighted by Crippen LogP contribution is 2.71. The average molecular weight is 1520 g/mol. The highest BCUT2D eigenvalue weighted by molar-refractivity contribution is 7.97. The van der Waals surface area contributed by atoms with Crippen LogP contribution in [0, 0.1) is 80.3 Å². The number of halogens is 3. The smallest absolute Gasteiger partial charge is 0.426 e. The minimum absolute atomic E-state index is 0.00100. The maximum Gasteiger partial charge on any atom is 0.426 e. The molecule has 0 radical (unpaired) electrons. The van der Waals surface area contributed by atoms with Gasteiger partial charge in [0.05, 0.1) is 65.9 Å². The van der Waals surface area contributed by atoms with Crippen molar-refractivity contribution in [2.45, 2.75) is 262 Å². The second-order valence-corrected chi connectivity index (χ2v) is 37.6. The lowest BCUT2D eigenvalue weighted by Crippen LogP contribution is -2.61. The molecule has 582 valence electrons. The number of carbonyl (C=O) groups excluding carboxylic acids is 6. The van der Waals surface area contributed by atoms with Crippen LogP contribution < -0.4 is 4.74 Å². The highest BCUT2D eigenvalue weighted by Gasteiger charge is 2.69. The number of fused-ring (bicyclic) bond motifs is 10. The number of phenols is 2. The van der Waals surface area contributed by atoms with Gasteiger partial charge in [0.2, 0.25) is 6.10 Å². The number of rotatable bonds is 20. The fourth-order valence-electron chi connectivity index (χ4n) is 18.2. The van der Waals surface area contributed by atoms with Gasteiger partial charge in [-0.3, -0.25) is 28.8 Å². The third-order valence-electron chi connectivity index (χ3n) is 25.4. The fraction of sp³-hybridized carbons (Fsp3) is 0.639. The van der Waals surface area contributed by atoms with Gasteiger partial charge in [0.1, 0.15) is 34.6 Å². The molecule has 0 spiro atoms. The van der Waals surface area contributed by atoms with Crippen LogP contribution in [0.15, 0.2) is 124 Å². The van der Waals surface area contributed by atoms with Crippen molar-refractivity contribution in [1.29, 1.82) is 0 Å². The van der Waals surface area contributed by atoms with E-state index in [1.807, 2.05) is 86.6 Å². The summed E-state index contributed by atoms with van der Waals surface area (Å²) >= 11 is 0. The van der Waals surface area contributed by atoms with Gasteiger partial charge < -0.3 is 47.9 Å². The van der Waals surface area contributed by atoms with Crippen molar-refractivity contribution in [3.63, 3.8) is 0 Å². The van der Waals surface area contributed by atoms with Gasteiger partial charge >= 0.3 is 42.0 Å². The minimum atomic E-state index is -5.27. The summed E-state index contributed by atoms with van der Waals surface area (Å²) in [5, 5.41) is 18.5. The number of ether oxygens (including phenoxy) is 7. The number of esters is 6. The summed E-state index contributed by atoms with van der Waals surface area (Å²) < 4.78 is 111. The third-order valence-corrected chi connectivity index (χ3v) is 28.3. The Hall–Kier alpha value is -6.69. The molecule has 0 aromatic heterocycles. The van der Waals surface area contributed by atoms with Gasteiger partial charge in [-0.25, -0.2) is 8.42 Å². The van der Waals surface area contributed by atoms with Crippen molar-refractivity contribution < 1.29 is 98.3 Å². The van der Waals surface area contributed by atoms with E-state index in [1.54, 1.807) is 38.1 Å². The van der Waals surface area contributed by atoms with Crippen LogP contribution in [0.2, 0.25) is 0 Å². The zero-order valence-electron chi connectivity index (χ0n) is 63.6. The first-order valence-electron chi connectivity index (χ1n) is 38.0. The van der Waals surface area contributed by atoms with Crippen LogP contribution in [0.3, 0.4) is 0 Å². The Morgan fingerprint density at radius 1 is 0.594 bits per heavy atom. The Morgan fingerprint density at radius 2 is 1.08 bits per heavy atom. The minimum Gasteiger partial charge on any atom is -0.748 e. The first-order chi connectivity index (χ1) is 49.6. The third kappa shape index (κ3) is 17.8. The molecule has 4 aromatic carbocycles. The second kappa shape index (κ2) is 31.7. The van der Waals surface area contributed by atoms with E-state index in [0.717, 1.165) is 61.7 Å². The second-order valence-electron chi connectivity index (χ2n) is 34.1. The zero-order chi connectivity index (χ0) is 77.5. The van der Waals surface area contributed by atoms with Crippen molar-refractivity contribution in [3.8, 4) is 17.2 Å². The van der Waals surface area contributed by atoms with Crippen LogP contribution in [-0.2, 0) is 78.2 Å². The van der Waals surface area contributed by atoms with E-state index < -0.39 is 79.6 Å². The van der Waals surface area contributed by atoms with Gasteiger partial charge in [-0.1, -0.05) is 71.0 Å². The Labute approximate surface area is 626 Å². The number of hydrogen-bond donors (Lipinski definition) is 2. The van der Waals surface area contributed by atoms with Gasteiger partial charge in [-0.2, -0.15) is 13.2 Å². The molecule has 10 bridgehead atoms. The zero-order valence-corrected chi connectivity index (χ0v) is 65.2. The molecule has 3 heterocycles. The largest absolute Gasteiger partial charge is 0.748 e. The Balaban J connectivity index is 0.000000145. The van der Waals surface area contributed by atoms with Crippen LogP contribution in [0.5, 0.6) is 17.2 Å². The molecule has 15 unspecified atom stereocenters. The Bertz CT molecular complexity index is 3830. The lowest BCUT2D eigenvalue weighted by Gasteiger charge is -2.60.